The maximum atomic E-state index is 13.5. The lowest BCUT2D eigenvalue weighted by atomic mass is 9.87. The summed E-state index contributed by atoms with van der Waals surface area (Å²) in [6.45, 7) is 0.244. The molecule has 2 atom stereocenters. The summed E-state index contributed by atoms with van der Waals surface area (Å²) in [5, 5.41) is 4.05. The number of hydrogen-bond acceptors (Lipinski definition) is 5. The number of carbonyl (C=O) groups is 2. The van der Waals surface area contributed by atoms with Gasteiger partial charge >= 0.3 is 0 Å². The molecule has 2 unspecified atom stereocenters. The van der Waals surface area contributed by atoms with Crippen molar-refractivity contribution < 1.29 is 14.4 Å². The average molecular weight is 443 g/mol. The summed E-state index contributed by atoms with van der Waals surface area (Å²) >= 11 is 0. The van der Waals surface area contributed by atoms with Crippen LogP contribution in [0.25, 0.3) is 11.1 Å². The SMILES string of the molecule is CON=C1CC(C(C(N)=O)c2ccccc2N)N(C(=O)c2ccc(-c3ccccc3)cc2)C1. The summed E-state index contributed by atoms with van der Waals surface area (Å²) in [7, 11) is 1.45. The van der Waals surface area contributed by atoms with Gasteiger partial charge in [0.05, 0.1) is 24.2 Å². The van der Waals surface area contributed by atoms with Gasteiger partial charge in [0.1, 0.15) is 7.11 Å². The number of rotatable bonds is 6. The topological polar surface area (TPSA) is 111 Å². The van der Waals surface area contributed by atoms with Crippen molar-refractivity contribution in [1.82, 2.24) is 4.90 Å². The highest BCUT2D eigenvalue weighted by Crippen LogP contribution is 2.34. The lowest BCUT2D eigenvalue weighted by molar-refractivity contribution is -0.120. The second-order valence-electron chi connectivity index (χ2n) is 8.00. The van der Waals surface area contributed by atoms with Gasteiger partial charge in [0.2, 0.25) is 5.91 Å². The van der Waals surface area contributed by atoms with E-state index < -0.39 is 17.9 Å². The predicted octanol–water partition coefficient (Wildman–Crippen LogP) is 3.42. The summed E-state index contributed by atoms with van der Waals surface area (Å²) in [4.78, 5) is 32.7. The molecule has 4 rings (SSSR count). The quantitative estimate of drug-likeness (QED) is 0.450. The van der Waals surface area contributed by atoms with Crippen LogP contribution in [0.5, 0.6) is 0 Å². The number of primary amides is 1. The fourth-order valence-corrected chi connectivity index (χ4v) is 4.39. The van der Waals surface area contributed by atoms with Crippen molar-refractivity contribution >= 4 is 23.2 Å². The summed E-state index contributed by atoms with van der Waals surface area (Å²) < 4.78 is 0. The minimum Gasteiger partial charge on any atom is -0.399 e. The zero-order chi connectivity index (χ0) is 23.4. The molecule has 0 radical (unpaired) electrons. The Morgan fingerprint density at radius 2 is 1.61 bits per heavy atom. The van der Waals surface area contributed by atoms with Crippen LogP contribution in [0, 0.1) is 0 Å². The first-order valence-corrected chi connectivity index (χ1v) is 10.7. The summed E-state index contributed by atoms with van der Waals surface area (Å²) in [6, 6.07) is 23.9. The van der Waals surface area contributed by atoms with Gasteiger partial charge in [-0.3, -0.25) is 9.59 Å². The Bertz CT molecular complexity index is 1180. The Morgan fingerprint density at radius 1 is 0.970 bits per heavy atom. The Balaban J connectivity index is 1.67. The van der Waals surface area contributed by atoms with E-state index in [9.17, 15) is 9.59 Å². The van der Waals surface area contributed by atoms with Gasteiger partial charge in [0.25, 0.3) is 5.91 Å². The molecule has 3 aromatic carbocycles. The summed E-state index contributed by atoms with van der Waals surface area (Å²) in [5.41, 5.74) is 16.3. The van der Waals surface area contributed by atoms with Gasteiger partial charge < -0.3 is 21.2 Å². The van der Waals surface area contributed by atoms with Crippen LogP contribution < -0.4 is 11.5 Å². The van der Waals surface area contributed by atoms with Gasteiger partial charge in [-0.15, -0.1) is 0 Å². The van der Waals surface area contributed by atoms with E-state index in [2.05, 4.69) is 5.16 Å². The molecule has 1 heterocycles. The molecule has 1 aliphatic heterocycles. The van der Waals surface area contributed by atoms with E-state index in [1.54, 1.807) is 41.3 Å². The van der Waals surface area contributed by atoms with Crippen LogP contribution in [-0.2, 0) is 9.63 Å². The Hall–Kier alpha value is -4.13. The summed E-state index contributed by atoms with van der Waals surface area (Å²) in [5.74, 6) is -1.53. The second-order valence-corrected chi connectivity index (χ2v) is 8.00. The number of nitrogens with zero attached hydrogens (tertiary/aromatic N) is 2. The van der Waals surface area contributed by atoms with Gasteiger partial charge in [0.15, 0.2) is 0 Å². The average Bonchev–Trinajstić information content (AvgIpc) is 3.24. The van der Waals surface area contributed by atoms with E-state index in [0.29, 0.717) is 28.9 Å². The number of hydrogen-bond donors (Lipinski definition) is 2. The highest BCUT2D eigenvalue weighted by Gasteiger charge is 2.42. The molecule has 7 nitrogen and oxygen atoms in total. The third-order valence-corrected chi connectivity index (χ3v) is 5.94. The largest absolute Gasteiger partial charge is 0.399 e. The molecule has 2 amide bonds. The van der Waals surface area contributed by atoms with E-state index in [1.165, 1.54) is 7.11 Å². The fourth-order valence-electron chi connectivity index (χ4n) is 4.39. The van der Waals surface area contributed by atoms with Crippen LogP contribution in [-0.4, -0.2) is 42.1 Å². The van der Waals surface area contributed by atoms with Crippen molar-refractivity contribution in [2.45, 2.75) is 18.4 Å². The van der Waals surface area contributed by atoms with Crippen molar-refractivity contribution in [2.75, 3.05) is 19.4 Å². The summed E-state index contributed by atoms with van der Waals surface area (Å²) in [6.07, 6.45) is 0.365. The number of nitrogen functional groups attached to an aromatic ring is 1. The highest BCUT2D eigenvalue weighted by atomic mass is 16.6. The first kappa shape index (κ1) is 22.1. The maximum absolute atomic E-state index is 13.5. The maximum Gasteiger partial charge on any atom is 0.254 e. The second kappa shape index (κ2) is 9.56. The van der Waals surface area contributed by atoms with Crippen molar-refractivity contribution in [3.63, 3.8) is 0 Å². The van der Waals surface area contributed by atoms with E-state index in [0.717, 1.165) is 11.1 Å². The molecule has 1 saturated heterocycles. The molecule has 0 bridgehead atoms. The third-order valence-electron chi connectivity index (χ3n) is 5.94. The van der Waals surface area contributed by atoms with E-state index in [-0.39, 0.29) is 12.5 Å². The van der Waals surface area contributed by atoms with Crippen LogP contribution in [0.15, 0.2) is 84.0 Å². The standard InChI is InChI=1S/C26H26N4O3/c1-33-29-20-15-23(24(25(28)31)21-9-5-6-10-22(21)27)30(16-20)26(32)19-13-11-18(12-14-19)17-7-3-2-4-8-17/h2-14,23-24H,15-16,27H2,1H3,(H2,28,31). The van der Waals surface area contributed by atoms with Gasteiger partial charge in [-0.05, 0) is 34.9 Å². The molecule has 33 heavy (non-hydrogen) atoms. The van der Waals surface area contributed by atoms with Crippen molar-refractivity contribution in [2.24, 2.45) is 10.9 Å². The normalized spacial score (nSPS) is 17.7. The van der Waals surface area contributed by atoms with Crippen LogP contribution in [0.2, 0.25) is 0 Å². The zero-order valence-electron chi connectivity index (χ0n) is 18.3. The number of oxime groups is 1. The van der Waals surface area contributed by atoms with E-state index in [1.807, 2.05) is 42.5 Å². The van der Waals surface area contributed by atoms with Crippen molar-refractivity contribution in [3.8, 4) is 11.1 Å². The van der Waals surface area contributed by atoms with Gasteiger partial charge in [0, 0.05) is 17.7 Å². The number of nitrogens with two attached hydrogens (primary N) is 2. The lowest BCUT2D eigenvalue weighted by Gasteiger charge is -2.30. The van der Waals surface area contributed by atoms with E-state index >= 15 is 0 Å². The Kier molecular flexibility index (Phi) is 6.40. The highest BCUT2D eigenvalue weighted by molar-refractivity contribution is 6.02. The smallest absolute Gasteiger partial charge is 0.254 e. The molecule has 1 fully saturated rings. The molecule has 0 aliphatic carbocycles. The number of anilines is 1. The van der Waals surface area contributed by atoms with Crippen LogP contribution >= 0.6 is 0 Å². The molecule has 4 N–H and O–H groups in total. The molecular formula is C26H26N4O3. The van der Waals surface area contributed by atoms with Gasteiger partial charge in [-0.2, -0.15) is 0 Å². The Morgan fingerprint density at radius 3 is 2.24 bits per heavy atom. The minimum atomic E-state index is -0.775. The molecule has 0 saturated carbocycles. The molecule has 168 valence electrons. The number of benzene rings is 3. The van der Waals surface area contributed by atoms with Crippen molar-refractivity contribution in [3.05, 3.63) is 90.0 Å². The third kappa shape index (κ3) is 4.57. The lowest BCUT2D eigenvalue weighted by Crippen LogP contribution is -2.43. The predicted molar refractivity (Wildman–Crippen MR) is 129 cm³/mol. The monoisotopic (exact) mass is 442 g/mol. The van der Waals surface area contributed by atoms with Crippen molar-refractivity contribution in [1.29, 1.82) is 0 Å². The molecule has 3 aromatic rings. The zero-order valence-corrected chi connectivity index (χ0v) is 18.3. The molecular weight excluding hydrogens is 416 g/mol. The van der Waals surface area contributed by atoms with Gasteiger partial charge in [-0.1, -0.05) is 65.8 Å². The van der Waals surface area contributed by atoms with Crippen LogP contribution in [0.3, 0.4) is 0 Å². The van der Waals surface area contributed by atoms with Crippen LogP contribution in [0.1, 0.15) is 28.3 Å². The first-order valence-electron chi connectivity index (χ1n) is 10.7. The van der Waals surface area contributed by atoms with E-state index in [4.69, 9.17) is 16.3 Å². The molecule has 7 heteroatoms. The number of para-hydroxylation sites is 1. The fraction of sp³-hybridized carbons (Fsp3) is 0.192. The number of likely N-dealkylation sites (tertiary alicyclic amines) is 1. The molecule has 0 aromatic heterocycles. The minimum absolute atomic E-state index is 0.207. The number of carbonyl (C=O) groups excluding carboxylic acids is 2. The molecule has 0 spiro atoms. The van der Waals surface area contributed by atoms with Gasteiger partial charge in [-0.25, -0.2) is 0 Å². The Labute approximate surface area is 192 Å². The van der Waals surface area contributed by atoms with Crippen LogP contribution in [0.4, 0.5) is 5.69 Å². The molecule has 1 aliphatic rings. The number of amides is 2. The first-order chi connectivity index (χ1) is 16.0.